The minimum Gasteiger partial charge on any atom is -0.476 e. The van der Waals surface area contributed by atoms with Gasteiger partial charge in [-0.2, -0.15) is 4.39 Å². The second-order valence-corrected chi connectivity index (χ2v) is 11.1. The van der Waals surface area contributed by atoms with E-state index in [-0.39, 0.29) is 28.4 Å². The highest BCUT2D eigenvalue weighted by Gasteiger charge is 2.35. The molecule has 3 rings (SSSR count). The summed E-state index contributed by atoms with van der Waals surface area (Å²) in [5, 5.41) is 8.78. The summed E-state index contributed by atoms with van der Waals surface area (Å²) < 4.78 is 57.8. The lowest BCUT2D eigenvalue weighted by Crippen LogP contribution is -2.31. The average Bonchev–Trinajstić information content (AvgIpc) is 2.90. The number of benzene rings is 2. The second-order valence-electron chi connectivity index (χ2n) is 8.00. The fourth-order valence-electron chi connectivity index (χ4n) is 4.00. The molecule has 6 nitrogen and oxygen atoms in total. The van der Waals surface area contributed by atoms with Gasteiger partial charge < -0.3 is 9.84 Å². The van der Waals surface area contributed by atoms with Gasteiger partial charge in [0.05, 0.1) is 9.79 Å². The molecular weight excluding hydrogens is 484 g/mol. The summed E-state index contributed by atoms with van der Waals surface area (Å²) in [5.74, 6) is -3.09. The quantitative estimate of drug-likeness (QED) is 0.164. The minimum absolute atomic E-state index is 0.119. The Kier molecular flexibility index (Phi) is 9.00. The first-order valence-electron chi connectivity index (χ1n) is 11.0. The Morgan fingerprint density at radius 2 is 1.97 bits per heavy atom. The second kappa shape index (κ2) is 11.5. The van der Waals surface area contributed by atoms with Crippen molar-refractivity contribution in [3.63, 3.8) is 0 Å². The van der Waals surface area contributed by atoms with E-state index in [1.807, 2.05) is 6.92 Å². The number of carboxylic acids is 1. The number of thioether (sulfide) groups is 1. The SMILES string of the molecule is CCCCC1CC(c2ccc(F)cc2)c2cc(SCC)c(O/C=C(\F)C(=O)O)cc2S(O)(O)N1. The van der Waals surface area contributed by atoms with Crippen molar-refractivity contribution in [3.05, 3.63) is 65.4 Å². The number of carbonyl (C=O) groups is 1. The van der Waals surface area contributed by atoms with Crippen LogP contribution in [-0.2, 0) is 4.79 Å². The highest BCUT2D eigenvalue weighted by Crippen LogP contribution is 2.55. The molecular formula is C24H29F2NO5S2. The standard InChI is InChI=1S/C24H29F2NO5S2/c1-3-5-6-17-11-18(15-7-9-16(25)10-8-15)19-12-22(33-4-2)21(32-14-20(26)24(28)29)13-23(19)34(30,31)27-17/h7-10,12-14,17-18,27,30-31H,3-6,11H2,1-2H3,(H,28,29)/b20-14-. The van der Waals surface area contributed by atoms with Gasteiger partial charge in [-0.15, -0.1) is 22.5 Å². The Morgan fingerprint density at radius 1 is 1.26 bits per heavy atom. The number of hydrogen-bond acceptors (Lipinski definition) is 6. The molecule has 0 spiro atoms. The summed E-state index contributed by atoms with van der Waals surface area (Å²) >= 11 is 1.40. The van der Waals surface area contributed by atoms with E-state index in [0.717, 1.165) is 24.8 Å². The average molecular weight is 514 g/mol. The van der Waals surface area contributed by atoms with Crippen LogP contribution < -0.4 is 9.46 Å². The third-order valence-corrected chi connectivity index (χ3v) is 8.13. The lowest BCUT2D eigenvalue weighted by atomic mass is 9.85. The van der Waals surface area contributed by atoms with E-state index >= 15 is 0 Å². The molecule has 2 aromatic rings. The van der Waals surface area contributed by atoms with E-state index in [0.29, 0.717) is 28.9 Å². The molecule has 34 heavy (non-hydrogen) atoms. The normalized spacial score (nSPS) is 20.8. The third-order valence-electron chi connectivity index (χ3n) is 5.58. The lowest BCUT2D eigenvalue weighted by molar-refractivity contribution is -0.134. The highest BCUT2D eigenvalue weighted by molar-refractivity contribution is 8.22. The first-order chi connectivity index (χ1) is 16.2. The summed E-state index contributed by atoms with van der Waals surface area (Å²) in [6.45, 7) is 3.98. The van der Waals surface area contributed by atoms with Crippen LogP contribution in [0.3, 0.4) is 0 Å². The number of hydrogen-bond donors (Lipinski definition) is 4. The first-order valence-corrected chi connectivity index (χ1v) is 13.6. The predicted molar refractivity (Wildman–Crippen MR) is 131 cm³/mol. The molecule has 0 aromatic heterocycles. The lowest BCUT2D eigenvalue weighted by Gasteiger charge is -2.36. The highest BCUT2D eigenvalue weighted by atomic mass is 32.3. The number of carboxylic acid groups (broad SMARTS) is 1. The Balaban J connectivity index is 2.16. The molecule has 10 heteroatoms. The maximum absolute atomic E-state index is 13.6. The summed E-state index contributed by atoms with van der Waals surface area (Å²) in [6, 6.07) is 9.15. The Bertz CT molecular complexity index is 1050. The fourth-order valence-corrected chi connectivity index (χ4v) is 6.37. The molecule has 1 aliphatic rings. The van der Waals surface area contributed by atoms with Crippen molar-refractivity contribution in [2.24, 2.45) is 0 Å². The molecule has 0 saturated carbocycles. The molecule has 2 atom stereocenters. The summed E-state index contributed by atoms with van der Waals surface area (Å²) in [4.78, 5) is 11.6. The fraction of sp³-hybridized carbons (Fsp3) is 0.375. The molecule has 186 valence electrons. The van der Waals surface area contributed by atoms with Crippen molar-refractivity contribution >= 4 is 28.5 Å². The van der Waals surface area contributed by atoms with Crippen molar-refractivity contribution < 1.29 is 32.5 Å². The van der Waals surface area contributed by atoms with Crippen molar-refractivity contribution in [2.45, 2.75) is 61.3 Å². The van der Waals surface area contributed by atoms with Gasteiger partial charge in [0.15, 0.2) is 0 Å². The van der Waals surface area contributed by atoms with Gasteiger partial charge in [0.2, 0.25) is 5.83 Å². The van der Waals surface area contributed by atoms with Gasteiger partial charge in [-0.1, -0.05) is 38.8 Å². The van der Waals surface area contributed by atoms with Crippen LogP contribution >= 0.6 is 22.5 Å². The van der Waals surface area contributed by atoms with Crippen LogP contribution in [0.1, 0.15) is 56.6 Å². The van der Waals surface area contributed by atoms with Gasteiger partial charge in [-0.25, -0.2) is 13.9 Å². The Labute approximate surface area is 203 Å². The molecule has 0 amide bonds. The van der Waals surface area contributed by atoms with Crippen LogP contribution in [0.15, 0.2) is 58.3 Å². The molecule has 1 heterocycles. The zero-order valence-corrected chi connectivity index (χ0v) is 20.6. The van der Waals surface area contributed by atoms with Crippen molar-refractivity contribution in [1.82, 2.24) is 4.72 Å². The predicted octanol–water partition coefficient (Wildman–Crippen LogP) is 6.92. The van der Waals surface area contributed by atoms with E-state index in [9.17, 15) is 22.7 Å². The summed E-state index contributed by atoms with van der Waals surface area (Å²) in [5.41, 5.74) is 1.49. The minimum atomic E-state index is -3.46. The van der Waals surface area contributed by atoms with E-state index in [2.05, 4.69) is 11.6 Å². The van der Waals surface area contributed by atoms with Crippen LogP contribution in [-0.4, -0.2) is 32.0 Å². The number of rotatable bonds is 9. The van der Waals surface area contributed by atoms with Gasteiger partial charge in [0, 0.05) is 18.0 Å². The molecule has 0 aliphatic carbocycles. The Hall–Kier alpha value is -2.11. The van der Waals surface area contributed by atoms with Crippen molar-refractivity contribution in [3.8, 4) is 5.75 Å². The summed E-state index contributed by atoms with van der Waals surface area (Å²) in [6.07, 6.45) is 3.62. The first kappa shape index (κ1) is 26.5. The number of halogens is 2. The maximum Gasteiger partial charge on any atom is 0.368 e. The zero-order chi connectivity index (χ0) is 24.9. The molecule has 0 fully saturated rings. The maximum atomic E-state index is 13.6. The molecule has 2 unspecified atom stereocenters. The number of unbranched alkanes of at least 4 members (excludes halogenated alkanes) is 1. The van der Waals surface area contributed by atoms with Crippen LogP contribution in [0, 0.1) is 5.82 Å². The van der Waals surface area contributed by atoms with Crippen molar-refractivity contribution in [1.29, 1.82) is 0 Å². The van der Waals surface area contributed by atoms with Gasteiger partial charge in [-0.05, 0) is 47.9 Å². The summed E-state index contributed by atoms with van der Waals surface area (Å²) in [7, 11) is -3.46. The molecule has 0 radical (unpaired) electrons. The van der Waals surface area contributed by atoms with Gasteiger partial charge in [0.25, 0.3) is 0 Å². The molecule has 0 saturated heterocycles. The third kappa shape index (κ3) is 6.31. The molecule has 1 aliphatic heterocycles. The number of nitrogens with one attached hydrogen (secondary N) is 1. The smallest absolute Gasteiger partial charge is 0.368 e. The zero-order valence-electron chi connectivity index (χ0n) is 19.0. The van der Waals surface area contributed by atoms with Crippen molar-refractivity contribution in [2.75, 3.05) is 5.75 Å². The van der Waals surface area contributed by atoms with E-state index in [4.69, 9.17) is 9.84 Å². The van der Waals surface area contributed by atoms with E-state index in [1.54, 1.807) is 18.2 Å². The molecule has 0 bridgehead atoms. The van der Waals surface area contributed by atoms with Gasteiger partial charge in [-0.3, -0.25) is 9.11 Å². The number of aliphatic carboxylic acids is 1. The van der Waals surface area contributed by atoms with Gasteiger partial charge in [0.1, 0.15) is 17.8 Å². The topological polar surface area (TPSA) is 99.0 Å². The number of fused-ring (bicyclic) bond motifs is 1. The number of ether oxygens (including phenoxy) is 1. The largest absolute Gasteiger partial charge is 0.476 e. The Morgan fingerprint density at radius 3 is 2.59 bits per heavy atom. The molecule has 4 N–H and O–H groups in total. The monoisotopic (exact) mass is 513 g/mol. The molecule has 2 aromatic carbocycles. The van der Waals surface area contributed by atoms with Crippen LogP contribution in [0.4, 0.5) is 8.78 Å². The van der Waals surface area contributed by atoms with Crippen LogP contribution in [0.5, 0.6) is 5.75 Å². The van der Waals surface area contributed by atoms with E-state index in [1.165, 1.54) is 30.0 Å². The van der Waals surface area contributed by atoms with Gasteiger partial charge >= 0.3 is 5.97 Å². The van der Waals surface area contributed by atoms with Crippen LogP contribution in [0.2, 0.25) is 0 Å². The van der Waals surface area contributed by atoms with Crippen LogP contribution in [0.25, 0.3) is 0 Å². The van der Waals surface area contributed by atoms with E-state index < -0.39 is 22.6 Å².